The third-order valence-corrected chi connectivity index (χ3v) is 4.52. The lowest BCUT2D eigenvalue weighted by Gasteiger charge is -2.14. The van der Waals surface area contributed by atoms with Gasteiger partial charge >= 0.3 is 0 Å². The van der Waals surface area contributed by atoms with Gasteiger partial charge in [-0.1, -0.05) is 0 Å². The van der Waals surface area contributed by atoms with Crippen LogP contribution in [0.3, 0.4) is 0 Å². The van der Waals surface area contributed by atoms with Crippen molar-refractivity contribution in [3.63, 3.8) is 0 Å². The highest BCUT2D eigenvalue weighted by molar-refractivity contribution is 7.92. The Balaban J connectivity index is 2.34. The molecule has 0 fully saturated rings. The average molecular weight is 350 g/mol. The van der Waals surface area contributed by atoms with Crippen LogP contribution in [0.4, 0.5) is 11.4 Å². The molecular formula is C16H18N2O5S. The Morgan fingerprint density at radius 3 is 2.21 bits per heavy atom. The second-order valence-electron chi connectivity index (χ2n) is 4.88. The van der Waals surface area contributed by atoms with E-state index in [1.165, 1.54) is 39.3 Å². The molecule has 0 aliphatic heterocycles. The van der Waals surface area contributed by atoms with Gasteiger partial charge in [0.15, 0.2) is 0 Å². The summed E-state index contributed by atoms with van der Waals surface area (Å²) in [4.78, 5) is 11.2. The highest BCUT2D eigenvalue weighted by Crippen LogP contribution is 2.30. The molecule has 7 nitrogen and oxygen atoms in total. The topological polar surface area (TPSA) is 93.7 Å². The van der Waals surface area contributed by atoms with Crippen LogP contribution in [0.15, 0.2) is 47.4 Å². The summed E-state index contributed by atoms with van der Waals surface area (Å²) in [6.45, 7) is 1.37. The number of rotatable bonds is 6. The molecule has 0 aromatic heterocycles. The minimum absolute atomic E-state index is 0.0790. The summed E-state index contributed by atoms with van der Waals surface area (Å²) in [5, 5.41) is 2.59. The number of nitrogens with one attached hydrogen (secondary N) is 2. The van der Waals surface area contributed by atoms with Crippen molar-refractivity contribution < 1.29 is 22.7 Å². The number of hydrogen-bond donors (Lipinski definition) is 2. The Kier molecular flexibility index (Phi) is 5.30. The number of methoxy groups -OCH3 is 2. The fraction of sp³-hybridized carbons (Fsp3) is 0.188. The molecule has 1 amide bonds. The second kappa shape index (κ2) is 7.22. The molecule has 0 spiro atoms. The van der Waals surface area contributed by atoms with Crippen LogP contribution in [0, 0.1) is 0 Å². The number of ether oxygens (including phenoxy) is 2. The van der Waals surface area contributed by atoms with Crippen LogP contribution in [0.5, 0.6) is 11.5 Å². The van der Waals surface area contributed by atoms with Gasteiger partial charge in [0.2, 0.25) is 5.91 Å². The van der Waals surface area contributed by atoms with Crippen LogP contribution in [0.2, 0.25) is 0 Å². The third-order valence-electron chi connectivity index (χ3n) is 3.13. The summed E-state index contributed by atoms with van der Waals surface area (Å²) in [7, 11) is -0.885. The molecule has 2 rings (SSSR count). The molecule has 2 aromatic carbocycles. The summed E-state index contributed by atoms with van der Waals surface area (Å²) >= 11 is 0. The number of anilines is 2. The predicted octanol–water partition coefficient (Wildman–Crippen LogP) is 2.46. The number of benzene rings is 2. The molecule has 0 aliphatic rings. The third kappa shape index (κ3) is 4.17. The molecule has 0 bridgehead atoms. The SMILES string of the molecule is COc1ccc(S(=O)(=O)Nc2cc(NC(C)=O)ccc2OC)cc1. The van der Waals surface area contributed by atoms with Crippen LogP contribution in [-0.4, -0.2) is 28.5 Å². The van der Waals surface area contributed by atoms with Crippen LogP contribution in [0.25, 0.3) is 0 Å². The van der Waals surface area contributed by atoms with Crippen molar-refractivity contribution in [2.75, 3.05) is 24.3 Å². The van der Waals surface area contributed by atoms with Gasteiger partial charge in [0.25, 0.3) is 10.0 Å². The molecule has 0 aliphatic carbocycles. The molecule has 2 aromatic rings. The first kappa shape index (κ1) is 17.6. The van der Waals surface area contributed by atoms with Gasteiger partial charge in [-0.3, -0.25) is 9.52 Å². The van der Waals surface area contributed by atoms with Crippen molar-refractivity contribution in [2.45, 2.75) is 11.8 Å². The van der Waals surface area contributed by atoms with Crippen molar-refractivity contribution in [1.82, 2.24) is 0 Å². The molecule has 0 heterocycles. The zero-order valence-electron chi connectivity index (χ0n) is 13.5. The monoisotopic (exact) mass is 350 g/mol. The average Bonchev–Trinajstić information content (AvgIpc) is 2.54. The zero-order valence-corrected chi connectivity index (χ0v) is 14.3. The number of amides is 1. The number of carbonyl (C=O) groups excluding carboxylic acids is 1. The minimum atomic E-state index is -3.81. The maximum absolute atomic E-state index is 12.5. The van der Waals surface area contributed by atoms with E-state index in [0.29, 0.717) is 17.2 Å². The van der Waals surface area contributed by atoms with E-state index in [4.69, 9.17) is 9.47 Å². The maximum atomic E-state index is 12.5. The van der Waals surface area contributed by atoms with E-state index in [-0.39, 0.29) is 16.5 Å². The summed E-state index contributed by atoms with van der Waals surface area (Å²) in [5.41, 5.74) is 0.676. The summed E-state index contributed by atoms with van der Waals surface area (Å²) in [6, 6.07) is 10.7. The lowest BCUT2D eigenvalue weighted by Crippen LogP contribution is -2.14. The molecule has 24 heavy (non-hydrogen) atoms. The summed E-state index contributed by atoms with van der Waals surface area (Å²) < 4.78 is 37.7. The molecule has 128 valence electrons. The van der Waals surface area contributed by atoms with E-state index in [1.54, 1.807) is 24.3 Å². The smallest absolute Gasteiger partial charge is 0.262 e. The quantitative estimate of drug-likeness (QED) is 0.835. The van der Waals surface area contributed by atoms with Crippen LogP contribution >= 0.6 is 0 Å². The van der Waals surface area contributed by atoms with E-state index < -0.39 is 10.0 Å². The number of sulfonamides is 1. The summed E-state index contributed by atoms with van der Waals surface area (Å²) in [5.74, 6) is 0.629. The van der Waals surface area contributed by atoms with Crippen molar-refractivity contribution in [1.29, 1.82) is 0 Å². The highest BCUT2D eigenvalue weighted by Gasteiger charge is 2.17. The fourth-order valence-electron chi connectivity index (χ4n) is 2.03. The molecule has 0 saturated carbocycles. The predicted molar refractivity (Wildman–Crippen MR) is 91.1 cm³/mol. The lowest BCUT2D eigenvalue weighted by molar-refractivity contribution is -0.114. The van der Waals surface area contributed by atoms with Crippen molar-refractivity contribution in [2.24, 2.45) is 0 Å². The van der Waals surface area contributed by atoms with Gasteiger partial charge in [-0.05, 0) is 42.5 Å². The van der Waals surface area contributed by atoms with E-state index in [0.717, 1.165) is 0 Å². The van der Waals surface area contributed by atoms with Crippen molar-refractivity contribution in [3.8, 4) is 11.5 Å². The Bertz CT molecular complexity index is 832. The molecule has 0 radical (unpaired) electrons. The minimum Gasteiger partial charge on any atom is -0.497 e. The molecular weight excluding hydrogens is 332 g/mol. The first-order valence-corrected chi connectivity index (χ1v) is 8.46. The molecule has 2 N–H and O–H groups in total. The second-order valence-corrected chi connectivity index (χ2v) is 6.56. The Labute approximate surface area is 140 Å². The lowest BCUT2D eigenvalue weighted by atomic mass is 10.2. The van der Waals surface area contributed by atoms with Gasteiger partial charge in [-0.2, -0.15) is 0 Å². The van der Waals surface area contributed by atoms with Gasteiger partial charge in [-0.25, -0.2) is 8.42 Å². The first-order valence-electron chi connectivity index (χ1n) is 6.98. The van der Waals surface area contributed by atoms with E-state index in [9.17, 15) is 13.2 Å². The molecule has 0 atom stereocenters. The highest BCUT2D eigenvalue weighted by atomic mass is 32.2. The van der Waals surface area contributed by atoms with E-state index in [1.807, 2.05) is 0 Å². The van der Waals surface area contributed by atoms with Crippen LogP contribution < -0.4 is 19.5 Å². The zero-order chi connectivity index (χ0) is 17.7. The number of hydrogen-bond acceptors (Lipinski definition) is 5. The maximum Gasteiger partial charge on any atom is 0.262 e. The van der Waals surface area contributed by atoms with Crippen LogP contribution in [-0.2, 0) is 14.8 Å². The summed E-state index contributed by atoms with van der Waals surface area (Å²) in [6.07, 6.45) is 0. The Hall–Kier alpha value is -2.74. The van der Waals surface area contributed by atoms with Crippen LogP contribution in [0.1, 0.15) is 6.92 Å². The first-order chi connectivity index (χ1) is 11.4. The van der Waals surface area contributed by atoms with Gasteiger partial charge in [-0.15, -0.1) is 0 Å². The molecule has 0 unspecified atom stereocenters. The molecule has 8 heteroatoms. The Morgan fingerprint density at radius 1 is 1.00 bits per heavy atom. The largest absolute Gasteiger partial charge is 0.497 e. The number of carbonyl (C=O) groups is 1. The van der Waals surface area contributed by atoms with E-state index >= 15 is 0 Å². The van der Waals surface area contributed by atoms with E-state index in [2.05, 4.69) is 10.0 Å². The Morgan fingerprint density at radius 2 is 1.67 bits per heavy atom. The van der Waals surface area contributed by atoms with Gasteiger partial charge < -0.3 is 14.8 Å². The fourth-order valence-corrected chi connectivity index (χ4v) is 3.09. The standard InChI is InChI=1S/C16H18N2O5S/c1-11(19)17-12-4-9-16(23-3)15(10-12)18-24(20,21)14-7-5-13(22-2)6-8-14/h4-10,18H,1-3H3,(H,17,19). The normalized spacial score (nSPS) is 10.8. The van der Waals surface area contributed by atoms with Gasteiger partial charge in [0.05, 0.1) is 24.8 Å². The van der Waals surface area contributed by atoms with Gasteiger partial charge in [0, 0.05) is 12.6 Å². The molecule has 0 saturated heterocycles. The van der Waals surface area contributed by atoms with Crippen molar-refractivity contribution >= 4 is 27.3 Å². The van der Waals surface area contributed by atoms with Gasteiger partial charge in [0.1, 0.15) is 11.5 Å². The van der Waals surface area contributed by atoms with Crippen molar-refractivity contribution in [3.05, 3.63) is 42.5 Å².